The van der Waals surface area contributed by atoms with E-state index in [1.807, 2.05) is 0 Å². The number of rotatable bonds is 15. The molecule has 1 saturated heterocycles. The van der Waals surface area contributed by atoms with Gasteiger partial charge in [0.25, 0.3) is 0 Å². The fraction of sp³-hybridized carbons (Fsp3) is 1.00. The van der Waals surface area contributed by atoms with Crippen molar-refractivity contribution in [2.45, 2.75) is 105 Å². The van der Waals surface area contributed by atoms with Gasteiger partial charge in [0.1, 0.15) is 18.3 Å². The lowest BCUT2D eigenvalue weighted by atomic mass is 9.88. The number of aliphatic hydroxyl groups excluding tert-OH is 3. The van der Waals surface area contributed by atoms with Crippen molar-refractivity contribution in [2.24, 2.45) is 0 Å². The van der Waals surface area contributed by atoms with Crippen molar-refractivity contribution in [2.75, 3.05) is 19.8 Å². The number of halogens is 17. The smallest absolute Gasteiger partial charge is 0.388 e. The van der Waals surface area contributed by atoms with Crippen molar-refractivity contribution in [3.05, 3.63) is 0 Å². The first kappa shape index (κ1) is 39.6. The Morgan fingerprint density at radius 3 is 1.42 bits per heavy atom. The van der Waals surface area contributed by atoms with Gasteiger partial charge >= 0.3 is 47.6 Å². The predicted octanol–water partition coefficient (Wildman–Crippen LogP) is 5.03. The maximum absolute atomic E-state index is 13.8. The van der Waals surface area contributed by atoms with Crippen LogP contribution in [0.15, 0.2) is 0 Å². The van der Waals surface area contributed by atoms with E-state index >= 15 is 0 Å². The summed E-state index contributed by atoms with van der Waals surface area (Å²) in [5, 5.41) is 28.9. The second kappa shape index (κ2) is 12.8. The van der Waals surface area contributed by atoms with E-state index < -0.39 is 98.0 Å². The van der Waals surface area contributed by atoms with Crippen LogP contribution in [0.4, 0.5) is 74.6 Å². The van der Waals surface area contributed by atoms with Crippen LogP contribution in [0, 0.1) is 0 Å². The minimum absolute atomic E-state index is 0.0949. The molecule has 1 aliphatic rings. The fourth-order valence-electron chi connectivity index (χ4n) is 3.31. The predicted molar refractivity (Wildman–Crippen MR) is 104 cm³/mol. The van der Waals surface area contributed by atoms with Crippen LogP contribution in [-0.2, 0) is 14.2 Å². The van der Waals surface area contributed by atoms with Crippen LogP contribution in [-0.4, -0.2) is 113 Å². The number of unbranched alkanes of at least 4 members (excludes halogenated alkanes) is 1. The molecule has 1 fully saturated rings. The van der Waals surface area contributed by atoms with E-state index in [0.717, 1.165) is 0 Å². The minimum atomic E-state index is -8.67. The lowest BCUT2D eigenvalue weighted by Crippen LogP contribution is -2.74. The largest absolute Gasteiger partial charge is 0.460 e. The Kier molecular flexibility index (Phi) is 11.7. The summed E-state index contributed by atoms with van der Waals surface area (Å²) in [7, 11) is 0. The lowest BCUT2D eigenvalue weighted by molar-refractivity contribution is -0.462. The van der Waals surface area contributed by atoms with Gasteiger partial charge in [-0.2, -0.15) is 74.6 Å². The molecule has 0 unspecified atom stereocenters. The monoisotopic (exact) mass is 682 g/mol. The molecule has 6 nitrogen and oxygen atoms in total. The average Bonchev–Trinajstić information content (AvgIpc) is 2.85. The SMILES string of the molecule is C[C@@H]1O[C@@H](OCCCCOCCC(F)(F)C(F)(F)C(F)(F)C(F)(F)C(F)(F)C(F)(F)C(F)(F)C(F)(F)F)[C@@H](O)[C@H](O)[C@@H]1O. The number of hydrogen-bond donors (Lipinski definition) is 3. The Hall–Kier alpha value is -1.43. The van der Waals surface area contributed by atoms with Crippen molar-refractivity contribution in [1.29, 1.82) is 0 Å². The second-order valence-corrected chi connectivity index (χ2v) is 9.27. The molecule has 0 aromatic rings. The Balaban J connectivity index is 2.81. The lowest BCUT2D eigenvalue weighted by Gasteiger charge is -2.42. The van der Waals surface area contributed by atoms with Crippen LogP contribution in [0.5, 0.6) is 0 Å². The van der Waals surface area contributed by atoms with Gasteiger partial charge in [0.15, 0.2) is 6.29 Å². The molecular weight excluding hydrogens is 659 g/mol. The molecular formula is C20H23F17O6. The van der Waals surface area contributed by atoms with Crippen molar-refractivity contribution in [3.8, 4) is 0 Å². The summed E-state index contributed by atoms with van der Waals surface area (Å²) in [4.78, 5) is 0. The molecule has 5 atom stereocenters. The van der Waals surface area contributed by atoms with Gasteiger partial charge in [-0.1, -0.05) is 0 Å². The molecule has 0 radical (unpaired) electrons. The first-order chi connectivity index (χ1) is 19.0. The molecule has 1 aliphatic heterocycles. The maximum Gasteiger partial charge on any atom is 0.460 e. The van der Waals surface area contributed by atoms with Crippen LogP contribution in [0.1, 0.15) is 26.2 Å². The third-order valence-electron chi connectivity index (χ3n) is 6.12. The highest BCUT2D eigenvalue weighted by Gasteiger charge is 2.95. The van der Waals surface area contributed by atoms with Gasteiger partial charge in [-0.15, -0.1) is 0 Å². The molecule has 0 saturated carbocycles. The molecule has 0 bridgehead atoms. The third kappa shape index (κ3) is 6.89. The summed E-state index contributed by atoms with van der Waals surface area (Å²) in [5.74, 6) is -56.7. The van der Waals surface area contributed by atoms with Gasteiger partial charge in [0.05, 0.1) is 12.7 Å². The number of alkyl halides is 17. The van der Waals surface area contributed by atoms with E-state index in [-0.39, 0.29) is 19.4 Å². The molecule has 1 rings (SSSR count). The number of ether oxygens (including phenoxy) is 3. The summed E-state index contributed by atoms with van der Waals surface area (Å²) in [6.07, 6.45) is -18.1. The summed E-state index contributed by atoms with van der Waals surface area (Å²) < 4.78 is 239. The maximum atomic E-state index is 13.8. The van der Waals surface area contributed by atoms with E-state index in [1.54, 1.807) is 0 Å². The zero-order chi connectivity index (χ0) is 34.3. The Bertz CT molecular complexity index is 913. The molecule has 0 amide bonds. The van der Waals surface area contributed by atoms with E-state index in [9.17, 15) is 90.0 Å². The summed E-state index contributed by atoms with van der Waals surface area (Å²) >= 11 is 0. The van der Waals surface area contributed by atoms with Gasteiger partial charge in [-0.25, -0.2) is 0 Å². The Labute approximate surface area is 229 Å². The number of hydrogen-bond acceptors (Lipinski definition) is 6. The van der Waals surface area contributed by atoms with Crippen LogP contribution < -0.4 is 0 Å². The van der Waals surface area contributed by atoms with E-state index in [1.165, 1.54) is 6.92 Å². The van der Waals surface area contributed by atoms with E-state index in [2.05, 4.69) is 4.74 Å². The molecule has 0 aliphatic carbocycles. The highest BCUT2D eigenvalue weighted by molar-refractivity contribution is 5.15. The van der Waals surface area contributed by atoms with Gasteiger partial charge in [-0.05, 0) is 19.8 Å². The van der Waals surface area contributed by atoms with Gasteiger partial charge in [0.2, 0.25) is 0 Å². The molecule has 3 N–H and O–H groups in total. The minimum Gasteiger partial charge on any atom is -0.388 e. The van der Waals surface area contributed by atoms with Crippen molar-refractivity contribution >= 4 is 0 Å². The first-order valence-corrected chi connectivity index (χ1v) is 11.6. The zero-order valence-electron chi connectivity index (χ0n) is 21.1. The van der Waals surface area contributed by atoms with Crippen molar-refractivity contribution in [1.82, 2.24) is 0 Å². The average molecular weight is 682 g/mol. The Morgan fingerprint density at radius 1 is 0.535 bits per heavy atom. The van der Waals surface area contributed by atoms with Crippen molar-refractivity contribution in [3.63, 3.8) is 0 Å². The highest BCUT2D eigenvalue weighted by Crippen LogP contribution is 2.64. The van der Waals surface area contributed by atoms with Crippen LogP contribution >= 0.6 is 0 Å². The fourth-order valence-corrected chi connectivity index (χ4v) is 3.31. The molecule has 0 aromatic heterocycles. The van der Waals surface area contributed by atoms with Crippen LogP contribution in [0.2, 0.25) is 0 Å². The molecule has 0 aromatic carbocycles. The summed E-state index contributed by atoms with van der Waals surface area (Å²) in [6, 6.07) is 0. The summed E-state index contributed by atoms with van der Waals surface area (Å²) in [6.45, 7) is -1.40. The normalized spacial score (nSPS) is 25.7. The molecule has 258 valence electrons. The molecule has 1 heterocycles. The standard InChI is InChI=1S/C20H23F17O6/c1-8-9(38)10(39)11(40)12(43-8)42-6-3-2-5-41-7-4-13(21,22)14(23,24)15(25,26)16(27,28)17(29,30)18(31,32)19(33,34)20(35,36)37/h8-12,38-40H,2-7H2,1H3/t8-,9+,10+,11-,12+/m0/s1. The van der Waals surface area contributed by atoms with Gasteiger partial charge < -0.3 is 29.5 Å². The van der Waals surface area contributed by atoms with Gasteiger partial charge in [0, 0.05) is 19.6 Å². The third-order valence-corrected chi connectivity index (χ3v) is 6.12. The van der Waals surface area contributed by atoms with Gasteiger partial charge in [-0.3, -0.25) is 0 Å². The number of aliphatic hydroxyl groups is 3. The molecule has 43 heavy (non-hydrogen) atoms. The quantitative estimate of drug-likeness (QED) is 0.166. The zero-order valence-corrected chi connectivity index (χ0v) is 21.1. The van der Waals surface area contributed by atoms with Crippen LogP contribution in [0.3, 0.4) is 0 Å². The Morgan fingerprint density at radius 2 is 0.953 bits per heavy atom. The van der Waals surface area contributed by atoms with E-state index in [0.29, 0.717) is 0 Å². The topological polar surface area (TPSA) is 88.4 Å². The second-order valence-electron chi connectivity index (χ2n) is 9.27. The molecule has 0 spiro atoms. The summed E-state index contributed by atoms with van der Waals surface area (Å²) in [5.41, 5.74) is 0. The first-order valence-electron chi connectivity index (χ1n) is 11.6. The van der Waals surface area contributed by atoms with Crippen LogP contribution in [0.25, 0.3) is 0 Å². The van der Waals surface area contributed by atoms with E-state index in [4.69, 9.17) is 9.47 Å². The highest BCUT2D eigenvalue weighted by atomic mass is 19.4. The van der Waals surface area contributed by atoms with Crippen molar-refractivity contribution < 1.29 is 104 Å². The molecule has 23 heteroatoms.